The topological polar surface area (TPSA) is 25.2 Å². The highest BCUT2D eigenvalue weighted by atomic mass is 35.5. The summed E-state index contributed by atoms with van der Waals surface area (Å²) in [6.45, 7) is 0.580. The van der Waals surface area contributed by atoms with E-state index in [4.69, 9.17) is 23.2 Å². The van der Waals surface area contributed by atoms with E-state index < -0.39 is 0 Å². The van der Waals surface area contributed by atoms with Crippen molar-refractivity contribution in [2.24, 2.45) is 4.99 Å². The van der Waals surface area contributed by atoms with Gasteiger partial charge in [0.1, 0.15) is 5.15 Å². The van der Waals surface area contributed by atoms with Gasteiger partial charge in [0.25, 0.3) is 0 Å². The Morgan fingerprint density at radius 2 is 2.06 bits per heavy atom. The molecule has 1 heterocycles. The third-order valence-electron chi connectivity index (χ3n) is 2.15. The minimum Gasteiger partial charge on any atom is -0.288 e. The van der Waals surface area contributed by atoms with Gasteiger partial charge in [0.15, 0.2) is 0 Å². The Morgan fingerprint density at radius 1 is 1.18 bits per heavy atom. The molecule has 0 radical (unpaired) electrons. The van der Waals surface area contributed by atoms with Crippen LogP contribution in [0.15, 0.2) is 47.6 Å². The number of aromatic nitrogens is 1. The fourth-order valence-corrected chi connectivity index (χ4v) is 1.65. The van der Waals surface area contributed by atoms with Crippen LogP contribution in [0.25, 0.3) is 0 Å². The Bertz CT molecular complexity index is 521. The summed E-state index contributed by atoms with van der Waals surface area (Å²) in [5, 5.41) is 1.20. The second kappa shape index (κ2) is 5.80. The Labute approximate surface area is 110 Å². The summed E-state index contributed by atoms with van der Waals surface area (Å²) in [6.07, 6.45) is 3.51. The van der Waals surface area contributed by atoms with Gasteiger partial charge in [-0.15, -0.1) is 0 Å². The van der Waals surface area contributed by atoms with Crippen LogP contribution in [0.2, 0.25) is 10.2 Å². The van der Waals surface area contributed by atoms with Gasteiger partial charge in [0.2, 0.25) is 0 Å². The molecule has 0 N–H and O–H groups in total. The van der Waals surface area contributed by atoms with E-state index in [0.717, 1.165) is 11.1 Å². The van der Waals surface area contributed by atoms with Gasteiger partial charge < -0.3 is 0 Å². The lowest BCUT2D eigenvalue weighted by atomic mass is 10.2. The lowest BCUT2D eigenvalue weighted by molar-refractivity contribution is 1.05. The van der Waals surface area contributed by atoms with Crippen LogP contribution in [0.5, 0.6) is 0 Å². The van der Waals surface area contributed by atoms with Crippen LogP contribution in [0.4, 0.5) is 0 Å². The molecule has 0 saturated heterocycles. The highest BCUT2D eigenvalue weighted by molar-refractivity contribution is 6.30. The maximum Gasteiger partial charge on any atom is 0.129 e. The van der Waals surface area contributed by atoms with Gasteiger partial charge >= 0.3 is 0 Å². The zero-order chi connectivity index (χ0) is 12.1. The first-order valence-corrected chi connectivity index (χ1v) is 5.85. The molecule has 0 bridgehead atoms. The fourth-order valence-electron chi connectivity index (χ4n) is 1.34. The van der Waals surface area contributed by atoms with Crippen molar-refractivity contribution in [3.63, 3.8) is 0 Å². The van der Waals surface area contributed by atoms with E-state index in [1.165, 1.54) is 0 Å². The average molecular weight is 265 g/mol. The fraction of sp³-hybridized carbons (Fsp3) is 0.0769. The van der Waals surface area contributed by atoms with Crippen LogP contribution in [-0.2, 0) is 6.54 Å². The van der Waals surface area contributed by atoms with Crippen molar-refractivity contribution < 1.29 is 0 Å². The summed E-state index contributed by atoms with van der Waals surface area (Å²) in [4.78, 5) is 8.31. The SMILES string of the molecule is Clc1cccc(C=NCc2ccc(Cl)nc2)c1. The van der Waals surface area contributed by atoms with Gasteiger partial charge in [-0.05, 0) is 29.3 Å². The molecular weight excluding hydrogens is 255 g/mol. The second-order valence-electron chi connectivity index (χ2n) is 3.51. The lowest BCUT2D eigenvalue weighted by Crippen LogP contribution is -1.86. The van der Waals surface area contributed by atoms with Crippen molar-refractivity contribution in [2.75, 3.05) is 0 Å². The van der Waals surface area contributed by atoms with Crippen LogP contribution < -0.4 is 0 Å². The third-order valence-corrected chi connectivity index (χ3v) is 2.61. The quantitative estimate of drug-likeness (QED) is 0.608. The van der Waals surface area contributed by atoms with E-state index in [2.05, 4.69) is 9.98 Å². The van der Waals surface area contributed by atoms with E-state index in [9.17, 15) is 0 Å². The number of rotatable bonds is 3. The van der Waals surface area contributed by atoms with Gasteiger partial charge in [0, 0.05) is 17.4 Å². The molecule has 4 heteroatoms. The number of nitrogens with zero attached hydrogens (tertiary/aromatic N) is 2. The molecule has 0 saturated carbocycles. The third kappa shape index (κ3) is 3.84. The minimum absolute atomic E-state index is 0.493. The van der Waals surface area contributed by atoms with Crippen LogP contribution in [0.3, 0.4) is 0 Å². The number of hydrogen-bond acceptors (Lipinski definition) is 2. The molecule has 0 aliphatic rings. The number of halogens is 2. The molecule has 0 aliphatic heterocycles. The standard InChI is InChI=1S/C13H10Cl2N2/c14-12-3-1-2-10(6-12)7-16-8-11-4-5-13(15)17-9-11/h1-7,9H,8H2. The van der Waals surface area contributed by atoms with Crippen molar-refractivity contribution in [3.05, 3.63) is 63.9 Å². The van der Waals surface area contributed by atoms with Crippen molar-refractivity contribution in [1.29, 1.82) is 0 Å². The lowest BCUT2D eigenvalue weighted by Gasteiger charge is -1.96. The zero-order valence-corrected chi connectivity index (χ0v) is 10.5. The highest BCUT2D eigenvalue weighted by Crippen LogP contribution is 2.09. The molecule has 0 aliphatic carbocycles. The van der Waals surface area contributed by atoms with Gasteiger partial charge in [-0.1, -0.05) is 41.4 Å². The van der Waals surface area contributed by atoms with Gasteiger partial charge in [-0.2, -0.15) is 0 Å². The van der Waals surface area contributed by atoms with Crippen LogP contribution >= 0.6 is 23.2 Å². The summed E-state index contributed by atoms with van der Waals surface area (Å²) in [7, 11) is 0. The average Bonchev–Trinajstić information content (AvgIpc) is 2.32. The van der Waals surface area contributed by atoms with Crippen LogP contribution in [-0.4, -0.2) is 11.2 Å². The number of benzene rings is 1. The first kappa shape index (κ1) is 12.1. The molecule has 2 nitrogen and oxygen atoms in total. The molecule has 0 atom stereocenters. The molecule has 1 aromatic carbocycles. The normalized spacial score (nSPS) is 10.9. The molecular formula is C13H10Cl2N2. The first-order valence-electron chi connectivity index (χ1n) is 5.10. The molecule has 0 spiro atoms. The van der Waals surface area contributed by atoms with Crippen molar-refractivity contribution in [1.82, 2.24) is 4.98 Å². The van der Waals surface area contributed by atoms with Crippen molar-refractivity contribution in [2.45, 2.75) is 6.54 Å². The van der Waals surface area contributed by atoms with Gasteiger partial charge in [-0.25, -0.2) is 4.98 Å². The summed E-state index contributed by atoms with van der Waals surface area (Å²) < 4.78 is 0. The molecule has 0 amide bonds. The molecule has 1 aromatic heterocycles. The molecule has 0 fully saturated rings. The second-order valence-corrected chi connectivity index (χ2v) is 4.34. The van der Waals surface area contributed by atoms with E-state index in [1.54, 1.807) is 18.5 Å². The smallest absolute Gasteiger partial charge is 0.129 e. The Hall–Kier alpha value is -1.38. The molecule has 0 unspecified atom stereocenters. The Morgan fingerprint density at radius 3 is 2.76 bits per heavy atom. The summed E-state index contributed by atoms with van der Waals surface area (Å²) >= 11 is 11.6. The molecule has 2 aromatic rings. The van der Waals surface area contributed by atoms with Crippen molar-refractivity contribution in [3.8, 4) is 0 Å². The van der Waals surface area contributed by atoms with Crippen LogP contribution in [0, 0.1) is 0 Å². The van der Waals surface area contributed by atoms with Gasteiger partial charge in [-0.3, -0.25) is 4.99 Å². The summed E-state index contributed by atoms with van der Waals surface area (Å²) in [6, 6.07) is 11.2. The number of hydrogen-bond donors (Lipinski definition) is 0. The summed E-state index contributed by atoms with van der Waals surface area (Å²) in [5.41, 5.74) is 2.01. The Kier molecular flexibility index (Phi) is 4.13. The predicted octanol–water partition coefficient (Wildman–Crippen LogP) is 4.01. The van der Waals surface area contributed by atoms with E-state index in [1.807, 2.05) is 30.3 Å². The maximum absolute atomic E-state index is 5.87. The first-order chi connectivity index (χ1) is 8.24. The zero-order valence-electron chi connectivity index (χ0n) is 8.98. The largest absolute Gasteiger partial charge is 0.288 e. The predicted molar refractivity (Wildman–Crippen MR) is 72.0 cm³/mol. The van der Waals surface area contributed by atoms with E-state index in [0.29, 0.717) is 16.7 Å². The Balaban J connectivity index is 2.00. The number of aliphatic imine (C=N–C) groups is 1. The van der Waals surface area contributed by atoms with Crippen LogP contribution in [0.1, 0.15) is 11.1 Å². The maximum atomic E-state index is 5.87. The molecule has 2 rings (SSSR count). The van der Waals surface area contributed by atoms with Crippen molar-refractivity contribution >= 4 is 29.4 Å². The summed E-state index contributed by atoms with van der Waals surface area (Å²) in [5.74, 6) is 0. The number of pyridine rings is 1. The van der Waals surface area contributed by atoms with E-state index in [-0.39, 0.29) is 0 Å². The van der Waals surface area contributed by atoms with Gasteiger partial charge in [0.05, 0.1) is 6.54 Å². The monoisotopic (exact) mass is 264 g/mol. The highest BCUT2D eigenvalue weighted by Gasteiger charge is 1.92. The molecule has 86 valence electrons. The minimum atomic E-state index is 0.493. The molecule has 17 heavy (non-hydrogen) atoms. The van der Waals surface area contributed by atoms with E-state index >= 15 is 0 Å².